The van der Waals surface area contributed by atoms with Gasteiger partial charge in [0, 0.05) is 0 Å². The molecule has 3 unspecified atom stereocenters. The topological polar surface area (TPSA) is 9.23 Å². The summed E-state index contributed by atoms with van der Waals surface area (Å²) < 4.78 is 5.92. The number of ether oxygens (including phenoxy) is 1. The Morgan fingerprint density at radius 1 is 1.18 bits per heavy atom. The van der Waals surface area contributed by atoms with Gasteiger partial charge in [0.2, 0.25) is 0 Å². The van der Waals surface area contributed by atoms with Crippen molar-refractivity contribution in [2.45, 2.75) is 52.2 Å². The summed E-state index contributed by atoms with van der Waals surface area (Å²) in [5.74, 6) is 0.939. The largest absolute Gasteiger partial charge is 0.374 e. The lowest BCUT2D eigenvalue weighted by Gasteiger charge is -2.33. The molecule has 1 aliphatic carbocycles. The summed E-state index contributed by atoms with van der Waals surface area (Å²) in [5.41, 5.74) is 0.355. The Hall–Kier alpha value is -0.0400. The van der Waals surface area contributed by atoms with Crippen LogP contribution in [0.4, 0.5) is 0 Å². The third kappa shape index (κ3) is 1.44. The van der Waals surface area contributed by atoms with Gasteiger partial charge in [-0.3, -0.25) is 0 Å². The number of rotatable bonds is 0. The Labute approximate surface area is 69.1 Å². The van der Waals surface area contributed by atoms with E-state index >= 15 is 0 Å². The zero-order chi connectivity index (χ0) is 8.06. The Morgan fingerprint density at radius 2 is 1.91 bits per heavy atom. The monoisotopic (exact) mass is 154 g/mol. The van der Waals surface area contributed by atoms with E-state index in [1.807, 2.05) is 0 Å². The predicted molar refractivity (Wildman–Crippen MR) is 45.5 cm³/mol. The van der Waals surface area contributed by atoms with Gasteiger partial charge in [-0.2, -0.15) is 0 Å². The molecule has 0 spiro atoms. The van der Waals surface area contributed by atoms with Gasteiger partial charge < -0.3 is 4.74 Å². The lowest BCUT2D eigenvalue weighted by molar-refractivity contribution is -0.0585. The highest BCUT2D eigenvalue weighted by Crippen LogP contribution is 2.46. The van der Waals surface area contributed by atoms with Crippen LogP contribution in [0.1, 0.15) is 40.0 Å². The first-order valence-corrected chi connectivity index (χ1v) is 4.73. The first kappa shape index (κ1) is 7.60. The van der Waals surface area contributed by atoms with E-state index in [9.17, 15) is 0 Å². The van der Waals surface area contributed by atoms with Crippen LogP contribution in [0, 0.1) is 11.3 Å². The maximum absolute atomic E-state index is 5.92. The molecule has 64 valence electrons. The smallest absolute Gasteiger partial charge is 0.0627 e. The van der Waals surface area contributed by atoms with E-state index in [4.69, 9.17) is 4.74 Å². The van der Waals surface area contributed by atoms with Crippen LogP contribution >= 0.6 is 0 Å². The van der Waals surface area contributed by atoms with E-state index in [1.54, 1.807) is 0 Å². The van der Waals surface area contributed by atoms with E-state index in [2.05, 4.69) is 20.8 Å². The van der Waals surface area contributed by atoms with E-state index in [-0.39, 0.29) is 0 Å². The Bertz CT molecular complexity index is 157. The van der Waals surface area contributed by atoms with Gasteiger partial charge in [0.25, 0.3) is 0 Å². The molecule has 2 aliphatic rings. The summed E-state index contributed by atoms with van der Waals surface area (Å²) in [6, 6.07) is 0. The second kappa shape index (κ2) is 2.22. The molecule has 0 amide bonds. The normalized spacial score (nSPS) is 43.4. The molecule has 1 nitrogen and oxygen atoms in total. The van der Waals surface area contributed by atoms with Crippen LogP contribution in [0.25, 0.3) is 0 Å². The van der Waals surface area contributed by atoms with Crippen molar-refractivity contribution in [1.82, 2.24) is 0 Å². The minimum atomic E-state index is 0.355. The van der Waals surface area contributed by atoms with Gasteiger partial charge in [-0.1, -0.05) is 20.8 Å². The van der Waals surface area contributed by atoms with Crippen LogP contribution in [-0.2, 0) is 4.74 Å². The lowest BCUT2D eigenvalue weighted by Crippen LogP contribution is -2.32. The van der Waals surface area contributed by atoms with Crippen molar-refractivity contribution in [2.75, 3.05) is 0 Å². The standard InChI is InChI=1S/C10H18O/c1-10(2,3)9-5-4-7-6-8(7)11-9/h7-9H,4-6H2,1-3H3. The molecule has 2 fully saturated rings. The van der Waals surface area contributed by atoms with Gasteiger partial charge in [0.15, 0.2) is 0 Å². The highest BCUT2D eigenvalue weighted by Gasteiger charge is 2.45. The second-order valence-corrected chi connectivity index (χ2v) is 5.10. The zero-order valence-corrected chi connectivity index (χ0v) is 7.76. The van der Waals surface area contributed by atoms with Crippen LogP contribution in [0.2, 0.25) is 0 Å². The summed E-state index contributed by atoms with van der Waals surface area (Å²) in [6.45, 7) is 6.83. The van der Waals surface area contributed by atoms with Crippen LogP contribution in [0.3, 0.4) is 0 Å². The average molecular weight is 154 g/mol. The predicted octanol–water partition coefficient (Wildman–Crippen LogP) is 2.60. The Balaban J connectivity index is 1.95. The highest BCUT2D eigenvalue weighted by atomic mass is 16.5. The molecule has 0 aromatic heterocycles. The molecule has 1 heterocycles. The number of hydrogen-bond donors (Lipinski definition) is 0. The molecule has 2 rings (SSSR count). The number of fused-ring (bicyclic) bond motifs is 1. The highest BCUT2D eigenvalue weighted by molar-refractivity contribution is 4.94. The third-order valence-corrected chi connectivity index (χ3v) is 2.96. The summed E-state index contributed by atoms with van der Waals surface area (Å²) in [5, 5.41) is 0. The Kier molecular flexibility index (Phi) is 1.54. The SMILES string of the molecule is CC(C)(C)C1CCC2CC2O1. The van der Waals surface area contributed by atoms with Crippen molar-refractivity contribution in [3.63, 3.8) is 0 Å². The molecule has 0 bridgehead atoms. The molecular formula is C10H18O. The number of hydrogen-bond acceptors (Lipinski definition) is 1. The van der Waals surface area contributed by atoms with Gasteiger partial charge in [-0.15, -0.1) is 0 Å². The first-order chi connectivity index (χ1) is 5.07. The molecule has 1 saturated heterocycles. The van der Waals surface area contributed by atoms with E-state index in [0.717, 1.165) is 5.92 Å². The minimum Gasteiger partial charge on any atom is -0.374 e. The van der Waals surface area contributed by atoms with Gasteiger partial charge in [0.05, 0.1) is 12.2 Å². The van der Waals surface area contributed by atoms with Crippen LogP contribution < -0.4 is 0 Å². The second-order valence-electron chi connectivity index (χ2n) is 5.10. The minimum absolute atomic E-state index is 0.355. The van der Waals surface area contributed by atoms with Crippen molar-refractivity contribution in [1.29, 1.82) is 0 Å². The van der Waals surface area contributed by atoms with Crippen molar-refractivity contribution >= 4 is 0 Å². The molecular weight excluding hydrogens is 136 g/mol. The molecule has 0 N–H and O–H groups in total. The summed E-state index contributed by atoms with van der Waals surface area (Å²) in [7, 11) is 0. The molecule has 11 heavy (non-hydrogen) atoms. The molecule has 1 heteroatoms. The zero-order valence-electron chi connectivity index (χ0n) is 7.76. The van der Waals surface area contributed by atoms with Crippen LogP contribution in [-0.4, -0.2) is 12.2 Å². The van der Waals surface area contributed by atoms with Gasteiger partial charge in [-0.05, 0) is 30.6 Å². The van der Waals surface area contributed by atoms with Crippen LogP contribution in [0.15, 0.2) is 0 Å². The lowest BCUT2D eigenvalue weighted by atomic mass is 9.85. The molecule has 0 aromatic carbocycles. The molecule has 0 aromatic rings. The van der Waals surface area contributed by atoms with Crippen LogP contribution in [0.5, 0.6) is 0 Å². The summed E-state index contributed by atoms with van der Waals surface area (Å²) in [6.07, 6.45) is 5.20. The molecule has 3 atom stereocenters. The molecule has 1 saturated carbocycles. The van der Waals surface area contributed by atoms with Crippen molar-refractivity contribution in [3.8, 4) is 0 Å². The fourth-order valence-electron chi connectivity index (χ4n) is 1.97. The third-order valence-electron chi connectivity index (χ3n) is 2.96. The fourth-order valence-corrected chi connectivity index (χ4v) is 1.97. The quantitative estimate of drug-likeness (QED) is 0.521. The maximum atomic E-state index is 5.92. The van der Waals surface area contributed by atoms with Gasteiger partial charge in [-0.25, -0.2) is 0 Å². The van der Waals surface area contributed by atoms with Crippen molar-refractivity contribution in [3.05, 3.63) is 0 Å². The first-order valence-electron chi connectivity index (χ1n) is 4.73. The van der Waals surface area contributed by atoms with Crippen molar-refractivity contribution < 1.29 is 4.74 Å². The van der Waals surface area contributed by atoms with E-state index < -0.39 is 0 Å². The molecule has 1 aliphatic heterocycles. The van der Waals surface area contributed by atoms with Crippen molar-refractivity contribution in [2.24, 2.45) is 11.3 Å². The van der Waals surface area contributed by atoms with E-state index in [0.29, 0.717) is 17.6 Å². The van der Waals surface area contributed by atoms with Gasteiger partial charge in [0.1, 0.15) is 0 Å². The molecule has 0 radical (unpaired) electrons. The van der Waals surface area contributed by atoms with Gasteiger partial charge >= 0.3 is 0 Å². The summed E-state index contributed by atoms with van der Waals surface area (Å²) in [4.78, 5) is 0. The maximum Gasteiger partial charge on any atom is 0.0627 e. The van der Waals surface area contributed by atoms with E-state index in [1.165, 1.54) is 19.3 Å². The Morgan fingerprint density at radius 3 is 2.45 bits per heavy atom. The average Bonchev–Trinajstić information content (AvgIpc) is 2.60. The summed E-state index contributed by atoms with van der Waals surface area (Å²) >= 11 is 0. The fraction of sp³-hybridized carbons (Fsp3) is 1.00.